The third-order valence-corrected chi connectivity index (χ3v) is 4.68. The predicted molar refractivity (Wildman–Crippen MR) is 101 cm³/mol. The minimum atomic E-state index is -4.65. The van der Waals surface area contributed by atoms with Crippen molar-refractivity contribution in [2.75, 3.05) is 12.8 Å². The van der Waals surface area contributed by atoms with Crippen LogP contribution in [-0.2, 0) is 23.9 Å². The van der Waals surface area contributed by atoms with E-state index >= 15 is 0 Å². The van der Waals surface area contributed by atoms with Crippen molar-refractivity contribution in [2.24, 2.45) is 0 Å². The lowest BCUT2D eigenvalue weighted by Crippen LogP contribution is -2.20. The molecule has 0 fully saturated rings. The highest BCUT2D eigenvalue weighted by Gasteiger charge is 2.35. The Morgan fingerprint density at radius 2 is 2.07 bits per heavy atom. The summed E-state index contributed by atoms with van der Waals surface area (Å²) in [5.74, 6) is 2.58. The first-order valence-electron chi connectivity index (χ1n) is 8.24. The second-order valence-electron chi connectivity index (χ2n) is 6.13. The van der Waals surface area contributed by atoms with Gasteiger partial charge in [-0.05, 0) is 23.8 Å². The Morgan fingerprint density at radius 3 is 2.75 bits per heavy atom. The third-order valence-electron chi connectivity index (χ3n) is 3.99. The molecular formula is C20H16F3N3OS. The maximum atomic E-state index is 13.2. The number of terminal acetylenes is 1. The van der Waals surface area contributed by atoms with Crippen LogP contribution in [-0.4, -0.2) is 32.2 Å². The van der Waals surface area contributed by atoms with E-state index in [9.17, 15) is 17.7 Å². The average molecular weight is 403 g/mol. The minimum absolute atomic E-state index is 0.0749. The molecule has 0 radical (unpaired) electrons. The number of halogens is 3. The minimum Gasteiger partial charge on any atom is -0.609 e. The van der Waals surface area contributed by atoms with Crippen molar-refractivity contribution in [1.82, 2.24) is 14.9 Å². The van der Waals surface area contributed by atoms with Gasteiger partial charge in [0.1, 0.15) is 6.26 Å². The summed E-state index contributed by atoms with van der Waals surface area (Å²) in [5, 5.41) is -0.349. The monoisotopic (exact) mass is 403 g/mol. The van der Waals surface area contributed by atoms with Crippen molar-refractivity contribution in [2.45, 2.75) is 17.9 Å². The molecular weight excluding hydrogens is 387 g/mol. The highest BCUT2D eigenvalue weighted by Crippen LogP contribution is 2.30. The van der Waals surface area contributed by atoms with E-state index in [1.54, 1.807) is 12.3 Å². The SMILES string of the molecule is C#Cc1cccc(CN2C=C(c3cc(C(F)(F)F)nc([S+](C)[O-])n3)C=CC2)c1. The molecule has 1 unspecified atom stereocenters. The zero-order valence-corrected chi connectivity index (χ0v) is 15.7. The molecule has 0 saturated carbocycles. The first-order valence-corrected chi connectivity index (χ1v) is 9.80. The molecule has 0 amide bonds. The summed E-state index contributed by atoms with van der Waals surface area (Å²) in [4.78, 5) is 9.37. The Labute approximate surface area is 164 Å². The number of nitrogens with zero attached hydrogens (tertiary/aromatic N) is 3. The molecule has 144 valence electrons. The van der Waals surface area contributed by atoms with Crippen LogP contribution in [0.4, 0.5) is 13.2 Å². The van der Waals surface area contributed by atoms with Crippen LogP contribution in [0.25, 0.3) is 5.57 Å². The van der Waals surface area contributed by atoms with E-state index in [4.69, 9.17) is 6.42 Å². The Hall–Kier alpha value is -2.76. The average Bonchev–Trinajstić information content (AvgIpc) is 2.67. The Balaban J connectivity index is 1.93. The summed E-state index contributed by atoms with van der Waals surface area (Å²) < 4.78 is 51.2. The predicted octanol–water partition coefficient (Wildman–Crippen LogP) is 3.63. The van der Waals surface area contributed by atoms with Crippen molar-refractivity contribution in [1.29, 1.82) is 0 Å². The van der Waals surface area contributed by atoms with E-state index in [0.717, 1.165) is 17.2 Å². The zero-order chi connectivity index (χ0) is 20.3. The van der Waals surface area contributed by atoms with E-state index in [0.29, 0.717) is 18.7 Å². The quantitative estimate of drug-likeness (QED) is 0.445. The summed E-state index contributed by atoms with van der Waals surface area (Å²) in [6, 6.07) is 8.37. The lowest BCUT2D eigenvalue weighted by molar-refractivity contribution is -0.141. The van der Waals surface area contributed by atoms with Crippen molar-refractivity contribution in [3.8, 4) is 12.3 Å². The fraction of sp³-hybridized carbons (Fsp3) is 0.200. The van der Waals surface area contributed by atoms with Gasteiger partial charge in [-0.1, -0.05) is 30.2 Å². The largest absolute Gasteiger partial charge is 0.609 e. The molecule has 8 heteroatoms. The van der Waals surface area contributed by atoms with Crippen LogP contribution in [0.5, 0.6) is 0 Å². The van der Waals surface area contributed by atoms with Gasteiger partial charge in [0.25, 0.3) is 0 Å². The van der Waals surface area contributed by atoms with Crippen LogP contribution in [0, 0.1) is 12.3 Å². The number of aromatic nitrogens is 2. The molecule has 1 aromatic carbocycles. The van der Waals surface area contributed by atoms with Gasteiger partial charge in [0.05, 0.1) is 5.69 Å². The van der Waals surface area contributed by atoms with Crippen LogP contribution in [0.1, 0.15) is 22.5 Å². The van der Waals surface area contributed by atoms with E-state index in [-0.39, 0.29) is 10.9 Å². The lowest BCUT2D eigenvalue weighted by Gasteiger charge is -2.23. The van der Waals surface area contributed by atoms with Gasteiger partial charge >= 0.3 is 11.3 Å². The van der Waals surface area contributed by atoms with Crippen LogP contribution in [0.3, 0.4) is 0 Å². The van der Waals surface area contributed by atoms with Gasteiger partial charge in [-0.2, -0.15) is 23.1 Å². The molecule has 2 heterocycles. The molecule has 1 aromatic heterocycles. The Morgan fingerprint density at radius 1 is 1.29 bits per heavy atom. The first kappa shape index (κ1) is 20.0. The highest BCUT2D eigenvalue weighted by atomic mass is 32.2. The van der Waals surface area contributed by atoms with Gasteiger partial charge in [0.15, 0.2) is 5.69 Å². The second-order valence-corrected chi connectivity index (χ2v) is 7.41. The molecule has 2 aromatic rings. The molecule has 3 rings (SSSR count). The van der Waals surface area contributed by atoms with Gasteiger partial charge in [-0.3, -0.25) is 0 Å². The number of rotatable bonds is 4. The van der Waals surface area contributed by atoms with E-state index in [1.807, 2.05) is 35.2 Å². The molecule has 0 N–H and O–H groups in total. The Bertz CT molecular complexity index is 977. The summed E-state index contributed by atoms with van der Waals surface area (Å²) in [5.41, 5.74) is 1.19. The number of hydrogen-bond acceptors (Lipinski definition) is 4. The summed E-state index contributed by atoms with van der Waals surface area (Å²) in [7, 11) is 0. The van der Waals surface area contributed by atoms with Crippen molar-refractivity contribution in [3.05, 3.63) is 71.2 Å². The topological polar surface area (TPSA) is 52.1 Å². The molecule has 0 saturated heterocycles. The van der Waals surface area contributed by atoms with Crippen LogP contribution in [0.15, 0.2) is 53.8 Å². The molecule has 0 aliphatic carbocycles. The molecule has 28 heavy (non-hydrogen) atoms. The number of benzene rings is 1. The third kappa shape index (κ3) is 4.74. The van der Waals surface area contributed by atoms with Crippen LogP contribution in [0.2, 0.25) is 0 Å². The van der Waals surface area contributed by atoms with Crippen LogP contribution < -0.4 is 0 Å². The van der Waals surface area contributed by atoms with Gasteiger partial charge in [0, 0.05) is 41.6 Å². The number of hydrogen-bond donors (Lipinski definition) is 0. The smallest absolute Gasteiger partial charge is 0.433 e. The fourth-order valence-electron chi connectivity index (χ4n) is 2.71. The standard InChI is InChI=1S/C20H16F3N3OS/c1-3-14-6-4-7-15(10-14)12-26-9-5-8-16(13-26)17-11-18(20(21,22)23)25-19(24-17)28(2)27/h1,4-8,10-11,13H,9,12H2,2H3. The molecule has 1 aliphatic heterocycles. The number of alkyl halides is 3. The maximum absolute atomic E-state index is 13.2. The van der Waals surface area contributed by atoms with Gasteiger partial charge in [-0.15, -0.1) is 6.42 Å². The van der Waals surface area contributed by atoms with Crippen molar-refractivity contribution >= 4 is 16.7 Å². The Kier molecular flexibility index (Phi) is 5.77. The summed E-state index contributed by atoms with van der Waals surface area (Å²) >= 11 is -1.74. The summed E-state index contributed by atoms with van der Waals surface area (Å²) in [6.07, 6.45) is 7.27. The van der Waals surface area contributed by atoms with Crippen molar-refractivity contribution < 1.29 is 17.7 Å². The number of allylic oxidation sites excluding steroid dienone is 2. The highest BCUT2D eigenvalue weighted by molar-refractivity contribution is 7.90. The van der Waals surface area contributed by atoms with E-state index in [1.165, 1.54) is 6.26 Å². The van der Waals surface area contributed by atoms with E-state index < -0.39 is 23.0 Å². The summed E-state index contributed by atoms with van der Waals surface area (Å²) in [6.45, 7) is 1.13. The van der Waals surface area contributed by atoms with Gasteiger partial charge in [0.2, 0.25) is 0 Å². The molecule has 4 nitrogen and oxygen atoms in total. The normalized spacial score (nSPS) is 15.1. The molecule has 1 atom stereocenters. The molecule has 0 spiro atoms. The lowest BCUT2D eigenvalue weighted by atomic mass is 10.1. The maximum Gasteiger partial charge on any atom is 0.433 e. The fourth-order valence-corrected chi connectivity index (χ4v) is 3.16. The second kappa shape index (κ2) is 8.09. The molecule has 1 aliphatic rings. The van der Waals surface area contributed by atoms with Gasteiger partial charge in [-0.25, -0.2) is 0 Å². The van der Waals surface area contributed by atoms with E-state index in [2.05, 4.69) is 15.9 Å². The van der Waals surface area contributed by atoms with Gasteiger partial charge < -0.3 is 9.45 Å². The van der Waals surface area contributed by atoms with Crippen LogP contribution >= 0.6 is 0 Å². The van der Waals surface area contributed by atoms with Crippen molar-refractivity contribution in [3.63, 3.8) is 0 Å². The molecule has 0 bridgehead atoms. The first-order chi connectivity index (χ1) is 13.3. The zero-order valence-electron chi connectivity index (χ0n) is 14.9.